The summed E-state index contributed by atoms with van der Waals surface area (Å²) in [6, 6.07) is 12.0. The van der Waals surface area contributed by atoms with E-state index in [0.29, 0.717) is 5.56 Å². The molecule has 7 nitrogen and oxygen atoms in total. The molecule has 26 heavy (non-hydrogen) atoms. The molecule has 9 heteroatoms. The van der Waals surface area contributed by atoms with Crippen LogP contribution in [0.3, 0.4) is 0 Å². The molecule has 0 aliphatic carbocycles. The molecule has 0 spiro atoms. The fourth-order valence-electron chi connectivity index (χ4n) is 2.39. The van der Waals surface area contributed by atoms with Gasteiger partial charge in [-0.05, 0) is 23.6 Å². The number of rotatable bonds is 5. The van der Waals surface area contributed by atoms with Crippen molar-refractivity contribution < 1.29 is 9.18 Å². The first-order chi connectivity index (χ1) is 12.7. The van der Waals surface area contributed by atoms with Crippen molar-refractivity contribution in [3.05, 3.63) is 71.2 Å². The highest BCUT2D eigenvalue weighted by Gasteiger charge is 2.14. The molecule has 130 valence electrons. The summed E-state index contributed by atoms with van der Waals surface area (Å²) in [6.07, 6.45) is 1.43. The molecular weight excluding hydrogens is 355 g/mol. The lowest BCUT2D eigenvalue weighted by Crippen LogP contribution is -2.14. The molecule has 0 atom stereocenters. The summed E-state index contributed by atoms with van der Waals surface area (Å²) < 4.78 is 15.1. The van der Waals surface area contributed by atoms with Crippen LogP contribution >= 0.6 is 11.3 Å². The number of nitrogens with zero attached hydrogens (tertiary/aromatic N) is 4. The Kier molecular flexibility index (Phi) is 4.28. The fourth-order valence-corrected chi connectivity index (χ4v) is 3.08. The predicted octanol–water partition coefficient (Wildman–Crippen LogP) is 3.17. The number of amides is 1. The van der Waals surface area contributed by atoms with Gasteiger partial charge in [-0.15, -0.1) is 16.4 Å². The second kappa shape index (κ2) is 6.89. The number of aromatic nitrogens is 5. The Morgan fingerprint density at radius 3 is 2.96 bits per heavy atom. The first-order valence-electron chi connectivity index (χ1n) is 7.72. The molecule has 2 N–H and O–H groups in total. The Morgan fingerprint density at radius 2 is 2.15 bits per heavy atom. The highest BCUT2D eigenvalue weighted by atomic mass is 32.1. The van der Waals surface area contributed by atoms with E-state index in [1.54, 1.807) is 35.6 Å². The maximum absolute atomic E-state index is 13.7. The summed E-state index contributed by atoms with van der Waals surface area (Å²) in [5.41, 5.74) is 1.49. The molecule has 3 heterocycles. The summed E-state index contributed by atoms with van der Waals surface area (Å²) in [7, 11) is 0. The quantitative estimate of drug-likeness (QED) is 0.566. The van der Waals surface area contributed by atoms with E-state index < -0.39 is 5.91 Å². The molecule has 0 saturated carbocycles. The van der Waals surface area contributed by atoms with Crippen LogP contribution in [0.25, 0.3) is 10.6 Å². The van der Waals surface area contributed by atoms with Gasteiger partial charge in [0.05, 0.1) is 17.1 Å². The van der Waals surface area contributed by atoms with E-state index in [-0.39, 0.29) is 24.0 Å². The van der Waals surface area contributed by atoms with Crippen molar-refractivity contribution in [2.24, 2.45) is 0 Å². The average molecular weight is 368 g/mol. The Balaban J connectivity index is 1.44. The van der Waals surface area contributed by atoms with E-state index in [9.17, 15) is 9.18 Å². The van der Waals surface area contributed by atoms with E-state index >= 15 is 0 Å². The third kappa shape index (κ3) is 3.38. The van der Waals surface area contributed by atoms with Gasteiger partial charge in [0.1, 0.15) is 12.1 Å². The number of hydrogen-bond acceptors (Lipinski definition) is 5. The lowest BCUT2D eigenvalue weighted by Gasteiger charge is -2.02. The smallest absolute Gasteiger partial charge is 0.278 e. The number of thiophene rings is 1. The van der Waals surface area contributed by atoms with Crippen molar-refractivity contribution >= 4 is 23.2 Å². The molecule has 0 radical (unpaired) electrons. The number of carbonyl (C=O) groups is 1. The lowest BCUT2D eigenvalue weighted by molar-refractivity contribution is 0.102. The van der Waals surface area contributed by atoms with Crippen LogP contribution in [0.5, 0.6) is 0 Å². The third-order valence-corrected chi connectivity index (χ3v) is 4.55. The number of anilines is 1. The lowest BCUT2D eigenvalue weighted by atomic mass is 10.2. The van der Waals surface area contributed by atoms with Gasteiger partial charge in [-0.2, -0.15) is 5.10 Å². The van der Waals surface area contributed by atoms with Gasteiger partial charge in [-0.25, -0.2) is 14.1 Å². The highest BCUT2D eigenvalue weighted by Crippen LogP contribution is 2.23. The second-order valence-corrected chi connectivity index (χ2v) is 6.40. The summed E-state index contributed by atoms with van der Waals surface area (Å²) >= 11 is 1.55. The predicted molar refractivity (Wildman–Crippen MR) is 95.4 cm³/mol. The van der Waals surface area contributed by atoms with Gasteiger partial charge in [0.15, 0.2) is 5.69 Å². The Labute approximate surface area is 151 Å². The van der Waals surface area contributed by atoms with Gasteiger partial charge in [0.25, 0.3) is 5.91 Å². The normalized spacial score (nSPS) is 10.8. The first kappa shape index (κ1) is 16.2. The molecule has 0 bridgehead atoms. The standard InChI is InChI=1S/C17H13FN6OS/c18-12-5-2-1-4-11(12)9-24-10-19-17(23-24)20-16(25)14-8-13(21-22-14)15-6-3-7-26-15/h1-8,10H,9H2,(H,21,22)(H,20,23,25). The van der Waals surface area contributed by atoms with Crippen LogP contribution in [0.1, 0.15) is 16.1 Å². The number of halogens is 1. The number of benzene rings is 1. The van der Waals surface area contributed by atoms with E-state index in [0.717, 1.165) is 10.6 Å². The van der Waals surface area contributed by atoms with Crippen LogP contribution in [0.2, 0.25) is 0 Å². The molecule has 0 aliphatic heterocycles. The van der Waals surface area contributed by atoms with Crippen LogP contribution in [-0.4, -0.2) is 30.9 Å². The molecule has 4 rings (SSSR count). The third-order valence-electron chi connectivity index (χ3n) is 3.65. The summed E-state index contributed by atoms with van der Waals surface area (Å²) in [5, 5.41) is 15.5. The molecule has 1 amide bonds. The van der Waals surface area contributed by atoms with Crippen molar-refractivity contribution in [3.63, 3.8) is 0 Å². The van der Waals surface area contributed by atoms with Gasteiger partial charge in [-0.1, -0.05) is 24.3 Å². The minimum absolute atomic E-state index is 0.131. The summed E-state index contributed by atoms with van der Waals surface area (Å²) in [4.78, 5) is 17.3. The maximum atomic E-state index is 13.7. The SMILES string of the molecule is O=C(Nc1ncn(Cc2ccccc2F)n1)c1cc(-c2cccs2)[nH]n1. The zero-order valence-corrected chi connectivity index (χ0v) is 14.2. The van der Waals surface area contributed by atoms with Gasteiger partial charge in [-0.3, -0.25) is 15.2 Å². The van der Waals surface area contributed by atoms with Crippen molar-refractivity contribution in [1.82, 2.24) is 25.0 Å². The number of hydrogen-bond donors (Lipinski definition) is 2. The topological polar surface area (TPSA) is 88.5 Å². The zero-order valence-electron chi connectivity index (χ0n) is 13.4. The number of aromatic amines is 1. The van der Waals surface area contributed by atoms with Crippen molar-refractivity contribution in [3.8, 4) is 10.6 Å². The molecule has 0 aliphatic rings. The number of carbonyl (C=O) groups excluding carboxylic acids is 1. The van der Waals surface area contributed by atoms with E-state index in [1.165, 1.54) is 17.1 Å². The van der Waals surface area contributed by atoms with E-state index in [4.69, 9.17) is 0 Å². The highest BCUT2D eigenvalue weighted by molar-refractivity contribution is 7.13. The van der Waals surface area contributed by atoms with Crippen LogP contribution in [0, 0.1) is 5.82 Å². The van der Waals surface area contributed by atoms with Crippen LogP contribution in [-0.2, 0) is 6.54 Å². The van der Waals surface area contributed by atoms with Crippen molar-refractivity contribution in [2.75, 3.05) is 5.32 Å². The van der Waals surface area contributed by atoms with E-state index in [2.05, 4.69) is 25.6 Å². The van der Waals surface area contributed by atoms with Gasteiger partial charge in [0, 0.05) is 5.56 Å². The maximum Gasteiger partial charge on any atom is 0.278 e. The van der Waals surface area contributed by atoms with Gasteiger partial charge >= 0.3 is 0 Å². The molecule has 0 unspecified atom stereocenters. The molecule has 4 aromatic rings. The van der Waals surface area contributed by atoms with Crippen LogP contribution in [0.4, 0.5) is 10.3 Å². The zero-order chi connectivity index (χ0) is 17.9. The van der Waals surface area contributed by atoms with Crippen molar-refractivity contribution in [2.45, 2.75) is 6.54 Å². The van der Waals surface area contributed by atoms with Gasteiger partial charge in [0.2, 0.25) is 5.95 Å². The molecular formula is C17H13FN6OS. The van der Waals surface area contributed by atoms with E-state index in [1.807, 2.05) is 17.5 Å². The number of nitrogens with one attached hydrogen (secondary N) is 2. The van der Waals surface area contributed by atoms with Crippen LogP contribution in [0.15, 0.2) is 54.2 Å². The largest absolute Gasteiger partial charge is 0.288 e. The minimum Gasteiger partial charge on any atom is -0.288 e. The number of H-pyrrole nitrogens is 1. The molecule has 0 saturated heterocycles. The average Bonchev–Trinajstić information content (AvgIpc) is 3.38. The summed E-state index contributed by atoms with van der Waals surface area (Å²) in [6.45, 7) is 0.223. The van der Waals surface area contributed by atoms with Crippen LogP contribution < -0.4 is 5.32 Å². The molecule has 3 aromatic heterocycles. The first-order valence-corrected chi connectivity index (χ1v) is 8.60. The van der Waals surface area contributed by atoms with Gasteiger partial charge < -0.3 is 0 Å². The summed E-state index contributed by atoms with van der Waals surface area (Å²) in [5.74, 6) is -0.606. The monoisotopic (exact) mass is 368 g/mol. The molecule has 0 fully saturated rings. The Morgan fingerprint density at radius 1 is 1.27 bits per heavy atom. The fraction of sp³-hybridized carbons (Fsp3) is 0.0588. The Bertz CT molecular complexity index is 1040. The second-order valence-electron chi connectivity index (χ2n) is 5.46. The molecule has 1 aromatic carbocycles. The minimum atomic E-state index is -0.423. The Hall–Kier alpha value is -3.33. The van der Waals surface area contributed by atoms with Crippen molar-refractivity contribution in [1.29, 1.82) is 0 Å².